The number of nitrogens with two attached hydrogens (primary N) is 1. The van der Waals surface area contributed by atoms with Crippen molar-refractivity contribution in [2.24, 2.45) is 0 Å². The van der Waals surface area contributed by atoms with Gasteiger partial charge in [0, 0.05) is 22.3 Å². The molecule has 0 fully saturated rings. The summed E-state index contributed by atoms with van der Waals surface area (Å²) in [5, 5.41) is 0.371. The molecule has 0 aliphatic rings. The lowest BCUT2D eigenvalue weighted by atomic mass is 10.2. The Labute approximate surface area is 110 Å². The molecular weight excluding hydrogens is 253 g/mol. The van der Waals surface area contributed by atoms with E-state index in [1.54, 1.807) is 24.3 Å². The first-order valence-electron chi connectivity index (χ1n) is 5.49. The molecule has 0 spiro atoms. The number of benzene rings is 2. The van der Waals surface area contributed by atoms with E-state index in [0.29, 0.717) is 22.0 Å². The third kappa shape index (κ3) is 2.93. The lowest BCUT2D eigenvalue weighted by Crippen LogP contribution is -1.99. The van der Waals surface area contributed by atoms with Crippen LogP contribution in [0.3, 0.4) is 0 Å². The molecule has 2 aromatic carbocycles. The molecule has 2 rings (SSSR count). The van der Waals surface area contributed by atoms with E-state index >= 15 is 0 Å². The van der Waals surface area contributed by atoms with Gasteiger partial charge in [-0.15, -0.1) is 0 Å². The maximum absolute atomic E-state index is 13.5. The molecule has 2 N–H and O–H groups in total. The summed E-state index contributed by atoms with van der Waals surface area (Å²) >= 11 is 5.67. The van der Waals surface area contributed by atoms with Gasteiger partial charge in [-0.05, 0) is 30.7 Å². The minimum absolute atomic E-state index is 0.144. The Kier molecular flexibility index (Phi) is 3.72. The predicted octanol–water partition coefficient (Wildman–Crippen LogP) is 3.95. The average molecular weight is 266 g/mol. The molecule has 2 aromatic rings. The van der Waals surface area contributed by atoms with Gasteiger partial charge in [0.15, 0.2) is 0 Å². The van der Waals surface area contributed by atoms with Gasteiger partial charge in [0.25, 0.3) is 0 Å². The number of aryl methyl sites for hydroxylation is 1. The molecule has 18 heavy (non-hydrogen) atoms. The maximum Gasteiger partial charge on any atom is 0.131 e. The molecule has 2 nitrogen and oxygen atoms in total. The van der Waals surface area contributed by atoms with Crippen molar-refractivity contribution in [1.29, 1.82) is 0 Å². The predicted molar refractivity (Wildman–Crippen MR) is 71.3 cm³/mol. The standard InChI is InChI=1S/C14H13ClFNO/c1-9-2-5-12(7-14(9)17)18-8-10-3-4-11(15)6-13(10)16/h2-7H,8,17H2,1H3. The van der Waals surface area contributed by atoms with Gasteiger partial charge in [0.2, 0.25) is 0 Å². The highest BCUT2D eigenvalue weighted by atomic mass is 35.5. The van der Waals surface area contributed by atoms with Crippen molar-refractivity contribution < 1.29 is 9.13 Å². The van der Waals surface area contributed by atoms with E-state index in [1.165, 1.54) is 6.07 Å². The molecule has 0 aromatic heterocycles. The van der Waals surface area contributed by atoms with Gasteiger partial charge in [-0.3, -0.25) is 0 Å². The molecule has 0 atom stereocenters. The minimum atomic E-state index is -0.373. The van der Waals surface area contributed by atoms with Gasteiger partial charge in [-0.25, -0.2) is 4.39 Å². The summed E-state index contributed by atoms with van der Waals surface area (Å²) in [5.74, 6) is 0.245. The van der Waals surface area contributed by atoms with Crippen LogP contribution in [0, 0.1) is 12.7 Å². The fraction of sp³-hybridized carbons (Fsp3) is 0.143. The summed E-state index contributed by atoms with van der Waals surface area (Å²) in [4.78, 5) is 0. The molecule has 0 aliphatic heterocycles. The molecular formula is C14H13ClFNO. The number of nitrogen functional groups attached to an aromatic ring is 1. The third-order valence-electron chi connectivity index (χ3n) is 2.66. The third-order valence-corrected chi connectivity index (χ3v) is 2.90. The molecule has 4 heteroatoms. The number of ether oxygens (including phenoxy) is 1. The molecule has 0 amide bonds. The lowest BCUT2D eigenvalue weighted by Gasteiger charge is -2.09. The second-order valence-electron chi connectivity index (χ2n) is 4.04. The van der Waals surface area contributed by atoms with E-state index in [2.05, 4.69) is 0 Å². The van der Waals surface area contributed by atoms with Crippen LogP contribution in [0.15, 0.2) is 36.4 Å². The van der Waals surface area contributed by atoms with Crippen molar-refractivity contribution in [3.8, 4) is 5.75 Å². The van der Waals surface area contributed by atoms with Gasteiger partial charge < -0.3 is 10.5 Å². The SMILES string of the molecule is Cc1ccc(OCc2ccc(Cl)cc2F)cc1N. The van der Waals surface area contributed by atoms with Crippen LogP contribution in [-0.2, 0) is 6.61 Å². The highest BCUT2D eigenvalue weighted by Gasteiger charge is 2.04. The Morgan fingerprint density at radius 3 is 2.67 bits per heavy atom. The second kappa shape index (κ2) is 5.27. The number of rotatable bonds is 3. The molecule has 0 saturated carbocycles. The summed E-state index contributed by atoms with van der Waals surface area (Å²) in [6, 6.07) is 9.90. The highest BCUT2D eigenvalue weighted by molar-refractivity contribution is 6.30. The van der Waals surface area contributed by atoms with E-state index in [-0.39, 0.29) is 12.4 Å². The minimum Gasteiger partial charge on any atom is -0.489 e. The van der Waals surface area contributed by atoms with Crippen molar-refractivity contribution >= 4 is 17.3 Å². The fourth-order valence-electron chi connectivity index (χ4n) is 1.51. The van der Waals surface area contributed by atoms with Crippen LogP contribution in [0.25, 0.3) is 0 Å². The Bertz CT molecular complexity index is 572. The number of hydrogen-bond acceptors (Lipinski definition) is 2. The summed E-state index contributed by atoms with van der Waals surface area (Å²) in [6.07, 6.45) is 0. The van der Waals surface area contributed by atoms with Crippen LogP contribution in [0.1, 0.15) is 11.1 Å². The zero-order valence-electron chi connectivity index (χ0n) is 9.91. The van der Waals surface area contributed by atoms with Crippen molar-refractivity contribution in [1.82, 2.24) is 0 Å². The van der Waals surface area contributed by atoms with Crippen molar-refractivity contribution in [3.63, 3.8) is 0 Å². The van der Waals surface area contributed by atoms with Gasteiger partial charge >= 0.3 is 0 Å². The Hall–Kier alpha value is -1.74. The molecule has 0 aliphatic carbocycles. The molecule has 0 bridgehead atoms. The number of anilines is 1. The van der Waals surface area contributed by atoms with Crippen molar-refractivity contribution in [3.05, 3.63) is 58.4 Å². The largest absolute Gasteiger partial charge is 0.489 e. The average Bonchev–Trinajstić information content (AvgIpc) is 2.32. The van der Waals surface area contributed by atoms with Crippen LogP contribution in [0.2, 0.25) is 5.02 Å². The summed E-state index contributed by atoms with van der Waals surface area (Å²) < 4.78 is 19.0. The number of hydrogen-bond donors (Lipinski definition) is 1. The van der Waals surface area contributed by atoms with Gasteiger partial charge in [-0.1, -0.05) is 23.7 Å². The molecule has 0 radical (unpaired) electrons. The normalized spacial score (nSPS) is 10.4. The second-order valence-corrected chi connectivity index (χ2v) is 4.48. The van der Waals surface area contributed by atoms with Crippen LogP contribution in [-0.4, -0.2) is 0 Å². The van der Waals surface area contributed by atoms with E-state index in [1.807, 2.05) is 13.0 Å². The molecule has 0 unspecified atom stereocenters. The quantitative estimate of drug-likeness (QED) is 0.853. The monoisotopic (exact) mass is 265 g/mol. The first kappa shape index (κ1) is 12.7. The van der Waals surface area contributed by atoms with Gasteiger partial charge in [-0.2, -0.15) is 0 Å². The van der Waals surface area contributed by atoms with E-state index in [9.17, 15) is 4.39 Å². The van der Waals surface area contributed by atoms with Crippen molar-refractivity contribution in [2.45, 2.75) is 13.5 Å². The van der Waals surface area contributed by atoms with Gasteiger partial charge in [0.05, 0.1) is 0 Å². The van der Waals surface area contributed by atoms with Gasteiger partial charge in [0.1, 0.15) is 18.2 Å². The summed E-state index contributed by atoms with van der Waals surface area (Å²) in [5.41, 5.74) is 7.87. The van der Waals surface area contributed by atoms with Crippen molar-refractivity contribution in [2.75, 3.05) is 5.73 Å². The molecule has 0 saturated heterocycles. The fourth-order valence-corrected chi connectivity index (χ4v) is 1.67. The smallest absolute Gasteiger partial charge is 0.131 e. The van der Waals surface area contributed by atoms with Crippen LogP contribution in [0.5, 0.6) is 5.75 Å². The van der Waals surface area contributed by atoms with E-state index in [4.69, 9.17) is 22.1 Å². The lowest BCUT2D eigenvalue weighted by molar-refractivity contribution is 0.300. The zero-order valence-corrected chi connectivity index (χ0v) is 10.7. The Balaban J connectivity index is 2.09. The molecule has 94 valence electrons. The van der Waals surface area contributed by atoms with E-state index < -0.39 is 0 Å². The first-order chi connectivity index (χ1) is 8.56. The summed E-state index contributed by atoms with van der Waals surface area (Å²) in [7, 11) is 0. The van der Waals surface area contributed by atoms with Crippen LogP contribution >= 0.6 is 11.6 Å². The topological polar surface area (TPSA) is 35.2 Å². The first-order valence-corrected chi connectivity index (χ1v) is 5.87. The number of halogens is 2. The van der Waals surface area contributed by atoms with Crippen LogP contribution < -0.4 is 10.5 Å². The van der Waals surface area contributed by atoms with E-state index in [0.717, 1.165) is 5.56 Å². The Morgan fingerprint density at radius 2 is 2.00 bits per heavy atom. The van der Waals surface area contributed by atoms with Crippen LogP contribution in [0.4, 0.5) is 10.1 Å². The zero-order chi connectivity index (χ0) is 13.1. The highest BCUT2D eigenvalue weighted by Crippen LogP contribution is 2.21. The summed E-state index contributed by atoms with van der Waals surface area (Å²) in [6.45, 7) is 2.06. The molecule has 0 heterocycles. The maximum atomic E-state index is 13.5. The Morgan fingerprint density at radius 1 is 1.22 bits per heavy atom.